The van der Waals surface area contributed by atoms with E-state index in [1.807, 2.05) is 19.3 Å². The Morgan fingerprint density at radius 3 is 2.62 bits per heavy atom. The quantitative estimate of drug-likeness (QED) is 0.647. The lowest BCUT2D eigenvalue weighted by Gasteiger charge is -2.22. The summed E-state index contributed by atoms with van der Waals surface area (Å²) in [4.78, 5) is 11.4. The lowest BCUT2D eigenvalue weighted by molar-refractivity contribution is 0.120. The molecule has 0 unspecified atom stereocenters. The Morgan fingerprint density at radius 1 is 1.23 bits per heavy atom. The Hall–Kier alpha value is -2.34. The molecule has 0 spiro atoms. The molecule has 3 heterocycles. The Morgan fingerprint density at radius 2 is 2.00 bits per heavy atom. The Kier molecular flexibility index (Phi) is 5.32. The van der Waals surface area contributed by atoms with E-state index in [2.05, 4.69) is 65.1 Å². The van der Waals surface area contributed by atoms with Crippen LogP contribution in [0.25, 0.3) is 5.65 Å². The molecule has 0 aliphatic rings. The number of anilines is 1. The molecule has 0 N–H and O–H groups in total. The van der Waals surface area contributed by atoms with Crippen LogP contribution in [0.15, 0.2) is 30.9 Å². The number of fused-ring (bicyclic) bond motifs is 1. The second kappa shape index (κ2) is 7.50. The number of hydrogen-bond donors (Lipinski definition) is 0. The maximum Gasteiger partial charge on any atom is 0.142 e. The summed E-state index contributed by atoms with van der Waals surface area (Å²) in [7, 11) is 3.86. The van der Waals surface area contributed by atoms with Crippen LogP contribution in [-0.2, 0) is 11.3 Å². The molecule has 0 aliphatic carbocycles. The Bertz CT molecular complexity index is 880. The topological polar surface area (TPSA) is 47.6 Å². The molecule has 6 nitrogen and oxygen atoms in total. The first-order valence-corrected chi connectivity index (χ1v) is 9.15. The van der Waals surface area contributed by atoms with Gasteiger partial charge in [-0.15, -0.1) is 0 Å². The number of methoxy groups -OCH3 is 1. The third kappa shape index (κ3) is 3.60. The zero-order valence-electron chi connectivity index (χ0n) is 16.6. The normalized spacial score (nSPS) is 12.9. The van der Waals surface area contributed by atoms with Gasteiger partial charge in [0.2, 0.25) is 0 Å². The highest BCUT2D eigenvalue weighted by atomic mass is 16.5. The van der Waals surface area contributed by atoms with Crippen LogP contribution in [0, 0.1) is 6.92 Å². The molecule has 0 fully saturated rings. The number of pyridine rings is 1. The first kappa shape index (κ1) is 18.5. The van der Waals surface area contributed by atoms with Crippen molar-refractivity contribution in [3.8, 4) is 0 Å². The fourth-order valence-corrected chi connectivity index (χ4v) is 3.07. The van der Waals surface area contributed by atoms with Crippen molar-refractivity contribution in [2.24, 2.45) is 0 Å². The number of hydrogen-bond acceptors (Lipinski definition) is 4. The van der Waals surface area contributed by atoms with E-state index in [0.717, 1.165) is 41.5 Å². The zero-order valence-corrected chi connectivity index (χ0v) is 16.6. The Labute approximate surface area is 155 Å². The molecular weight excluding hydrogens is 326 g/mol. The van der Waals surface area contributed by atoms with E-state index in [0.29, 0.717) is 5.92 Å². The number of imidazole rings is 2. The van der Waals surface area contributed by atoms with Gasteiger partial charge in [0.1, 0.15) is 11.5 Å². The van der Waals surface area contributed by atoms with Gasteiger partial charge in [0.25, 0.3) is 0 Å². The highest BCUT2D eigenvalue weighted by Crippen LogP contribution is 2.28. The van der Waals surface area contributed by atoms with Gasteiger partial charge >= 0.3 is 0 Å². The fourth-order valence-electron chi connectivity index (χ4n) is 3.07. The molecule has 26 heavy (non-hydrogen) atoms. The van der Waals surface area contributed by atoms with E-state index in [9.17, 15) is 0 Å². The predicted molar refractivity (Wildman–Crippen MR) is 105 cm³/mol. The summed E-state index contributed by atoms with van der Waals surface area (Å²) in [6.45, 7) is 10.2. The first-order chi connectivity index (χ1) is 12.4. The number of rotatable bonds is 7. The van der Waals surface area contributed by atoms with Crippen LogP contribution in [0.3, 0.4) is 0 Å². The van der Waals surface area contributed by atoms with Crippen molar-refractivity contribution in [3.05, 3.63) is 47.9 Å². The summed E-state index contributed by atoms with van der Waals surface area (Å²) < 4.78 is 9.90. The molecule has 3 aromatic heterocycles. The standard InChI is InChI=1S/C20H29N5O/c1-14(2)19-13-25-12-17(11-18(15(3)26-6)20(25)22-19)23(5)9-10-24-8-7-21-16(24)4/h7-8,11-15H,9-10H2,1-6H3/t15-/m1/s1. The smallest absolute Gasteiger partial charge is 0.142 e. The molecule has 0 saturated carbocycles. The third-order valence-corrected chi connectivity index (χ3v) is 5.01. The number of ether oxygens (including phenoxy) is 1. The second-order valence-electron chi connectivity index (χ2n) is 7.17. The average Bonchev–Trinajstić information content (AvgIpc) is 3.24. The summed E-state index contributed by atoms with van der Waals surface area (Å²) in [5, 5.41) is 0. The van der Waals surface area contributed by atoms with Crippen molar-refractivity contribution in [1.82, 2.24) is 18.9 Å². The van der Waals surface area contributed by atoms with Gasteiger partial charge in [0.15, 0.2) is 0 Å². The van der Waals surface area contributed by atoms with Crippen molar-refractivity contribution in [3.63, 3.8) is 0 Å². The predicted octanol–water partition coefficient (Wildman–Crippen LogP) is 3.81. The van der Waals surface area contributed by atoms with Gasteiger partial charge in [0.05, 0.1) is 17.5 Å². The minimum atomic E-state index is -0.0100. The van der Waals surface area contributed by atoms with Crippen molar-refractivity contribution in [1.29, 1.82) is 0 Å². The molecule has 0 aromatic carbocycles. The van der Waals surface area contributed by atoms with Gasteiger partial charge in [-0.3, -0.25) is 0 Å². The highest BCUT2D eigenvalue weighted by molar-refractivity contribution is 5.59. The summed E-state index contributed by atoms with van der Waals surface area (Å²) in [5.41, 5.74) is 4.35. The first-order valence-electron chi connectivity index (χ1n) is 9.15. The molecule has 3 rings (SSSR count). The fraction of sp³-hybridized carbons (Fsp3) is 0.500. The second-order valence-corrected chi connectivity index (χ2v) is 7.17. The van der Waals surface area contributed by atoms with Gasteiger partial charge in [-0.25, -0.2) is 9.97 Å². The SMILES string of the molecule is CO[C@H](C)c1cc(N(C)CCn2ccnc2C)cn2cc(C(C)C)nc12. The monoisotopic (exact) mass is 355 g/mol. The lowest BCUT2D eigenvalue weighted by atomic mass is 10.1. The number of likely N-dealkylation sites (N-methyl/N-ethyl adjacent to an activating group) is 1. The van der Waals surface area contributed by atoms with Crippen molar-refractivity contribution in [2.45, 2.75) is 46.3 Å². The third-order valence-electron chi connectivity index (χ3n) is 5.01. The van der Waals surface area contributed by atoms with E-state index in [-0.39, 0.29) is 6.10 Å². The number of nitrogens with zero attached hydrogens (tertiary/aromatic N) is 5. The molecular formula is C20H29N5O. The van der Waals surface area contributed by atoms with Crippen LogP contribution in [0.4, 0.5) is 5.69 Å². The molecule has 6 heteroatoms. The zero-order chi connectivity index (χ0) is 18.8. The van der Waals surface area contributed by atoms with Crippen LogP contribution in [0.2, 0.25) is 0 Å². The van der Waals surface area contributed by atoms with Gasteiger partial charge < -0.3 is 18.6 Å². The van der Waals surface area contributed by atoms with Gasteiger partial charge in [-0.05, 0) is 25.8 Å². The van der Waals surface area contributed by atoms with Crippen molar-refractivity contribution >= 4 is 11.3 Å². The molecule has 0 aliphatic heterocycles. The molecule has 0 saturated heterocycles. The summed E-state index contributed by atoms with van der Waals surface area (Å²) in [5.74, 6) is 1.43. The van der Waals surface area contributed by atoms with E-state index >= 15 is 0 Å². The average molecular weight is 355 g/mol. The largest absolute Gasteiger partial charge is 0.377 e. The minimum Gasteiger partial charge on any atom is -0.377 e. The lowest BCUT2D eigenvalue weighted by Crippen LogP contribution is -2.23. The molecule has 0 radical (unpaired) electrons. The maximum atomic E-state index is 5.60. The van der Waals surface area contributed by atoms with Gasteiger partial charge in [-0.2, -0.15) is 0 Å². The van der Waals surface area contributed by atoms with E-state index in [1.165, 1.54) is 0 Å². The number of aryl methyl sites for hydroxylation is 1. The van der Waals surface area contributed by atoms with E-state index in [4.69, 9.17) is 9.72 Å². The van der Waals surface area contributed by atoms with Crippen LogP contribution in [0.1, 0.15) is 49.9 Å². The number of aromatic nitrogens is 4. The van der Waals surface area contributed by atoms with E-state index < -0.39 is 0 Å². The highest BCUT2D eigenvalue weighted by Gasteiger charge is 2.16. The van der Waals surface area contributed by atoms with Gasteiger partial charge in [-0.1, -0.05) is 13.8 Å². The molecule has 3 aromatic rings. The summed E-state index contributed by atoms with van der Waals surface area (Å²) in [6.07, 6.45) is 8.14. The van der Waals surface area contributed by atoms with Crippen molar-refractivity contribution in [2.75, 3.05) is 25.6 Å². The molecule has 1 atom stereocenters. The van der Waals surface area contributed by atoms with Crippen molar-refractivity contribution < 1.29 is 4.74 Å². The van der Waals surface area contributed by atoms with Gasteiger partial charge in [0, 0.05) is 57.6 Å². The van der Waals surface area contributed by atoms with Crippen LogP contribution in [0.5, 0.6) is 0 Å². The van der Waals surface area contributed by atoms with Crippen LogP contribution in [-0.4, -0.2) is 39.6 Å². The summed E-state index contributed by atoms with van der Waals surface area (Å²) >= 11 is 0. The van der Waals surface area contributed by atoms with Crippen LogP contribution < -0.4 is 4.90 Å². The van der Waals surface area contributed by atoms with E-state index in [1.54, 1.807) is 7.11 Å². The minimum absolute atomic E-state index is 0.0100. The maximum absolute atomic E-state index is 5.60. The molecule has 0 amide bonds. The Balaban J connectivity index is 1.93. The molecule has 140 valence electrons. The summed E-state index contributed by atoms with van der Waals surface area (Å²) in [6, 6.07) is 2.20. The molecule has 0 bridgehead atoms. The van der Waals surface area contributed by atoms with Crippen LogP contribution >= 0.6 is 0 Å².